The zero-order valence-corrected chi connectivity index (χ0v) is 18.2. The normalized spacial score (nSPS) is 14.4. The van der Waals surface area contributed by atoms with Crippen molar-refractivity contribution in [1.29, 1.82) is 0 Å². The third-order valence-electron chi connectivity index (χ3n) is 5.26. The first-order valence-corrected chi connectivity index (χ1v) is 10.3. The van der Waals surface area contributed by atoms with Crippen molar-refractivity contribution >= 4 is 17.5 Å². The molecule has 1 aromatic heterocycles. The maximum Gasteiger partial charge on any atom is 0.276 e. The molecule has 2 amide bonds. The molecule has 3 rings (SSSR count). The van der Waals surface area contributed by atoms with Gasteiger partial charge in [-0.2, -0.15) is 0 Å². The van der Waals surface area contributed by atoms with Crippen molar-refractivity contribution in [2.24, 2.45) is 0 Å². The number of aromatic nitrogens is 3. The van der Waals surface area contributed by atoms with Gasteiger partial charge in [-0.15, -0.1) is 5.10 Å². The van der Waals surface area contributed by atoms with Gasteiger partial charge in [0.2, 0.25) is 5.91 Å². The van der Waals surface area contributed by atoms with E-state index < -0.39 is 4.92 Å². The number of non-ortho nitro benzene ring substituents is 1. The average Bonchev–Trinajstić information content (AvgIpc) is 3.18. The third kappa shape index (κ3) is 5.65. The highest BCUT2D eigenvalue weighted by molar-refractivity contribution is 5.93. The zero-order valence-electron chi connectivity index (χ0n) is 18.2. The summed E-state index contributed by atoms with van der Waals surface area (Å²) in [5.74, 6) is -0.292. The van der Waals surface area contributed by atoms with Crippen molar-refractivity contribution < 1.29 is 19.2 Å². The standard InChI is InChI=1S/C20H27N7O5/c1-15-19(22-23-26(15)16-5-3-6-17(13-16)27(30)31)20(29)25-10-8-24(9-11-25)14-18(28)21-7-4-12-32-2/h3,5-6,13H,4,7-12,14H2,1-2H3,(H,21,28). The predicted molar refractivity (Wildman–Crippen MR) is 115 cm³/mol. The lowest BCUT2D eigenvalue weighted by Gasteiger charge is -2.34. The van der Waals surface area contributed by atoms with E-state index in [0.29, 0.717) is 50.7 Å². The molecule has 0 bridgehead atoms. The van der Waals surface area contributed by atoms with Crippen molar-refractivity contribution in [2.75, 3.05) is 53.0 Å². The van der Waals surface area contributed by atoms with Gasteiger partial charge in [-0.1, -0.05) is 11.3 Å². The Labute approximate surface area is 185 Å². The lowest BCUT2D eigenvalue weighted by Crippen LogP contribution is -2.51. The number of nitrogens with zero attached hydrogens (tertiary/aromatic N) is 6. The van der Waals surface area contributed by atoms with E-state index in [1.165, 1.54) is 16.8 Å². The molecule has 1 fully saturated rings. The van der Waals surface area contributed by atoms with E-state index in [2.05, 4.69) is 15.6 Å². The number of nitro groups is 1. The van der Waals surface area contributed by atoms with Crippen molar-refractivity contribution in [1.82, 2.24) is 30.1 Å². The van der Waals surface area contributed by atoms with E-state index in [0.717, 1.165) is 6.42 Å². The first-order valence-electron chi connectivity index (χ1n) is 10.3. The van der Waals surface area contributed by atoms with Gasteiger partial charge in [0.1, 0.15) is 0 Å². The average molecular weight is 445 g/mol. The van der Waals surface area contributed by atoms with E-state index in [9.17, 15) is 19.7 Å². The number of hydrogen-bond donors (Lipinski definition) is 1. The number of carbonyl (C=O) groups excluding carboxylic acids is 2. The first kappa shape index (κ1) is 23.3. The molecule has 0 radical (unpaired) electrons. The van der Waals surface area contributed by atoms with E-state index in [-0.39, 0.29) is 29.7 Å². The molecule has 172 valence electrons. The van der Waals surface area contributed by atoms with Crippen LogP contribution in [0.1, 0.15) is 22.6 Å². The summed E-state index contributed by atoms with van der Waals surface area (Å²) < 4.78 is 6.38. The summed E-state index contributed by atoms with van der Waals surface area (Å²) in [4.78, 5) is 39.2. The van der Waals surface area contributed by atoms with Gasteiger partial charge in [0, 0.05) is 58.6 Å². The number of hydrogen-bond acceptors (Lipinski definition) is 8. The molecule has 0 atom stereocenters. The predicted octanol–water partition coefficient (Wildman–Crippen LogP) is 0.394. The Balaban J connectivity index is 1.56. The number of ether oxygens (including phenoxy) is 1. The SMILES string of the molecule is COCCCNC(=O)CN1CCN(C(=O)c2nnn(-c3cccc([N+](=O)[O-])c3)c2C)CC1. The molecular formula is C20H27N7O5. The second-order valence-corrected chi connectivity index (χ2v) is 7.48. The second-order valence-electron chi connectivity index (χ2n) is 7.48. The van der Waals surface area contributed by atoms with Crippen LogP contribution in [0.2, 0.25) is 0 Å². The van der Waals surface area contributed by atoms with Crippen molar-refractivity contribution in [3.63, 3.8) is 0 Å². The summed E-state index contributed by atoms with van der Waals surface area (Å²) in [6.45, 7) is 5.27. The van der Waals surface area contributed by atoms with Gasteiger partial charge in [0.25, 0.3) is 11.6 Å². The van der Waals surface area contributed by atoms with Crippen LogP contribution in [0.5, 0.6) is 0 Å². The minimum Gasteiger partial charge on any atom is -0.385 e. The highest BCUT2D eigenvalue weighted by atomic mass is 16.6. The van der Waals surface area contributed by atoms with Gasteiger partial charge in [-0.05, 0) is 19.4 Å². The Morgan fingerprint density at radius 2 is 2.00 bits per heavy atom. The summed E-state index contributed by atoms with van der Waals surface area (Å²) in [5, 5.41) is 21.9. The van der Waals surface area contributed by atoms with Crippen LogP contribution in [-0.2, 0) is 9.53 Å². The van der Waals surface area contributed by atoms with Crippen molar-refractivity contribution in [3.8, 4) is 5.69 Å². The number of amides is 2. The van der Waals surface area contributed by atoms with Gasteiger partial charge >= 0.3 is 0 Å². The topological polar surface area (TPSA) is 136 Å². The smallest absolute Gasteiger partial charge is 0.276 e. The molecule has 1 N–H and O–H groups in total. The van der Waals surface area contributed by atoms with Crippen LogP contribution in [0.25, 0.3) is 5.69 Å². The fourth-order valence-corrected chi connectivity index (χ4v) is 3.47. The van der Waals surface area contributed by atoms with Gasteiger partial charge in [0.05, 0.1) is 22.8 Å². The number of benzene rings is 1. The van der Waals surface area contributed by atoms with Gasteiger partial charge in [-0.25, -0.2) is 4.68 Å². The van der Waals surface area contributed by atoms with E-state index in [1.807, 2.05) is 4.90 Å². The maximum atomic E-state index is 13.0. The van der Waals surface area contributed by atoms with Gasteiger partial charge in [-0.3, -0.25) is 24.6 Å². The van der Waals surface area contributed by atoms with Crippen LogP contribution < -0.4 is 5.32 Å². The molecule has 12 nitrogen and oxygen atoms in total. The molecule has 0 aliphatic carbocycles. The molecule has 2 aromatic rings. The number of carbonyl (C=O) groups is 2. The number of nitrogens with one attached hydrogen (secondary N) is 1. The summed E-state index contributed by atoms with van der Waals surface area (Å²) in [7, 11) is 1.62. The third-order valence-corrected chi connectivity index (χ3v) is 5.26. The van der Waals surface area contributed by atoms with E-state index in [4.69, 9.17) is 4.74 Å². The summed E-state index contributed by atoms with van der Waals surface area (Å²) in [6.07, 6.45) is 0.765. The molecular weight excluding hydrogens is 418 g/mol. The summed E-state index contributed by atoms with van der Waals surface area (Å²) >= 11 is 0. The van der Waals surface area contributed by atoms with Crippen molar-refractivity contribution in [2.45, 2.75) is 13.3 Å². The summed E-state index contributed by atoms with van der Waals surface area (Å²) in [5.41, 5.74) is 1.11. The minimum atomic E-state index is -0.485. The second kappa shape index (κ2) is 10.8. The lowest BCUT2D eigenvalue weighted by molar-refractivity contribution is -0.384. The molecule has 0 saturated carbocycles. The van der Waals surface area contributed by atoms with Crippen molar-refractivity contribution in [3.05, 3.63) is 45.8 Å². The number of methoxy groups -OCH3 is 1. The molecule has 1 aromatic carbocycles. The van der Waals surface area contributed by atoms with Crippen LogP contribution in [0.3, 0.4) is 0 Å². The monoisotopic (exact) mass is 445 g/mol. The van der Waals surface area contributed by atoms with Gasteiger partial charge < -0.3 is 15.0 Å². The Hall–Kier alpha value is -3.38. The van der Waals surface area contributed by atoms with Crippen LogP contribution in [0.15, 0.2) is 24.3 Å². The van der Waals surface area contributed by atoms with Crippen LogP contribution in [0, 0.1) is 17.0 Å². The largest absolute Gasteiger partial charge is 0.385 e. The molecule has 1 saturated heterocycles. The van der Waals surface area contributed by atoms with E-state index in [1.54, 1.807) is 31.1 Å². The maximum absolute atomic E-state index is 13.0. The molecule has 2 heterocycles. The van der Waals surface area contributed by atoms with E-state index >= 15 is 0 Å². The van der Waals surface area contributed by atoms with Crippen LogP contribution in [-0.4, -0.2) is 94.5 Å². The number of nitro benzene ring substituents is 1. The fraction of sp³-hybridized carbons (Fsp3) is 0.500. The molecule has 12 heteroatoms. The molecule has 1 aliphatic rings. The quantitative estimate of drug-likeness (QED) is 0.333. The highest BCUT2D eigenvalue weighted by Crippen LogP contribution is 2.19. The Kier molecular flexibility index (Phi) is 7.84. The van der Waals surface area contributed by atoms with Crippen LogP contribution in [0.4, 0.5) is 5.69 Å². The first-order chi connectivity index (χ1) is 15.4. The zero-order chi connectivity index (χ0) is 23.1. The highest BCUT2D eigenvalue weighted by Gasteiger charge is 2.27. The Morgan fingerprint density at radius 1 is 1.25 bits per heavy atom. The molecule has 0 unspecified atom stereocenters. The van der Waals surface area contributed by atoms with Gasteiger partial charge in [0.15, 0.2) is 5.69 Å². The molecule has 1 aliphatic heterocycles. The number of piperazine rings is 1. The Morgan fingerprint density at radius 3 is 2.69 bits per heavy atom. The molecule has 32 heavy (non-hydrogen) atoms. The Bertz CT molecular complexity index is 969. The summed E-state index contributed by atoms with van der Waals surface area (Å²) in [6, 6.07) is 6.00. The lowest BCUT2D eigenvalue weighted by atomic mass is 10.2. The molecule has 0 spiro atoms. The minimum absolute atomic E-state index is 0.0448. The fourth-order valence-electron chi connectivity index (χ4n) is 3.47. The van der Waals surface area contributed by atoms with Crippen LogP contribution >= 0.6 is 0 Å². The number of rotatable bonds is 9.